The fourth-order valence-corrected chi connectivity index (χ4v) is 4.73. The lowest BCUT2D eigenvalue weighted by Gasteiger charge is -2.31. The van der Waals surface area contributed by atoms with E-state index in [-0.39, 0.29) is 22.2 Å². The highest BCUT2D eigenvalue weighted by molar-refractivity contribution is 7.09. The van der Waals surface area contributed by atoms with E-state index in [2.05, 4.69) is 20.8 Å². The van der Waals surface area contributed by atoms with E-state index in [9.17, 15) is 18.8 Å². The Hall–Kier alpha value is -3.37. The van der Waals surface area contributed by atoms with Crippen LogP contribution in [0.15, 0.2) is 48.1 Å². The number of halogens is 2. The zero-order chi connectivity index (χ0) is 23.4. The average Bonchev–Trinajstić information content (AvgIpc) is 3.33. The molecule has 8 nitrogen and oxygen atoms in total. The number of nitrogens with zero attached hydrogens (tertiary/aromatic N) is 3. The fraction of sp³-hybridized carbons (Fsp3) is 0.227. The van der Waals surface area contributed by atoms with Crippen molar-refractivity contribution in [3.05, 3.63) is 80.8 Å². The molecule has 0 radical (unpaired) electrons. The molecule has 0 bridgehead atoms. The molecule has 33 heavy (non-hydrogen) atoms. The molecule has 0 saturated carbocycles. The number of amides is 3. The van der Waals surface area contributed by atoms with E-state index in [1.165, 1.54) is 35.7 Å². The molecule has 4 rings (SSSR count). The van der Waals surface area contributed by atoms with Crippen LogP contribution in [0.2, 0.25) is 5.02 Å². The van der Waals surface area contributed by atoms with E-state index in [1.54, 1.807) is 28.6 Å². The molecule has 0 atom stereocenters. The van der Waals surface area contributed by atoms with Crippen molar-refractivity contribution in [2.45, 2.75) is 18.8 Å². The Morgan fingerprint density at radius 2 is 1.85 bits per heavy atom. The van der Waals surface area contributed by atoms with Gasteiger partial charge in [-0.1, -0.05) is 17.7 Å². The number of benzene rings is 1. The number of aromatic nitrogens is 2. The van der Waals surface area contributed by atoms with Crippen LogP contribution in [0, 0.1) is 5.82 Å². The molecule has 1 aliphatic rings. The first-order valence-electron chi connectivity index (χ1n) is 10.1. The third-order valence-electron chi connectivity index (χ3n) is 5.28. The summed E-state index contributed by atoms with van der Waals surface area (Å²) in [6.45, 7) is 0.854. The monoisotopic (exact) mass is 487 g/mol. The van der Waals surface area contributed by atoms with Crippen molar-refractivity contribution in [2.24, 2.45) is 0 Å². The minimum Gasteiger partial charge on any atom is -0.338 e. The number of pyridine rings is 1. The smallest absolute Gasteiger partial charge is 0.289 e. The van der Waals surface area contributed by atoms with Gasteiger partial charge in [0.2, 0.25) is 0 Å². The van der Waals surface area contributed by atoms with Crippen LogP contribution in [-0.2, 0) is 0 Å². The topological polar surface area (TPSA) is 104 Å². The first-order valence-corrected chi connectivity index (χ1v) is 11.4. The highest BCUT2D eigenvalue weighted by Gasteiger charge is 2.29. The molecular weight excluding hydrogens is 469 g/mol. The van der Waals surface area contributed by atoms with E-state index in [4.69, 9.17) is 11.6 Å². The summed E-state index contributed by atoms with van der Waals surface area (Å²) in [6, 6.07) is 7.36. The van der Waals surface area contributed by atoms with Gasteiger partial charge in [-0.3, -0.25) is 30.2 Å². The Morgan fingerprint density at radius 1 is 1.09 bits per heavy atom. The van der Waals surface area contributed by atoms with E-state index < -0.39 is 23.5 Å². The van der Waals surface area contributed by atoms with Gasteiger partial charge in [-0.25, -0.2) is 9.37 Å². The first-order chi connectivity index (χ1) is 15.9. The molecule has 170 valence electrons. The van der Waals surface area contributed by atoms with Gasteiger partial charge in [0.1, 0.15) is 11.5 Å². The van der Waals surface area contributed by atoms with E-state index >= 15 is 0 Å². The molecule has 2 N–H and O–H groups in total. The molecule has 1 saturated heterocycles. The van der Waals surface area contributed by atoms with Gasteiger partial charge < -0.3 is 4.90 Å². The highest BCUT2D eigenvalue weighted by Crippen LogP contribution is 2.31. The molecule has 0 unspecified atom stereocenters. The molecule has 3 heterocycles. The average molecular weight is 488 g/mol. The third-order valence-corrected chi connectivity index (χ3v) is 6.60. The summed E-state index contributed by atoms with van der Waals surface area (Å²) in [5.41, 5.74) is 5.07. The minimum atomic E-state index is -0.638. The number of piperidine rings is 1. The van der Waals surface area contributed by atoms with Gasteiger partial charge in [0.05, 0.1) is 21.2 Å². The van der Waals surface area contributed by atoms with Crippen molar-refractivity contribution >= 4 is 40.7 Å². The van der Waals surface area contributed by atoms with Gasteiger partial charge in [0, 0.05) is 36.8 Å². The Balaban J connectivity index is 1.32. The van der Waals surface area contributed by atoms with Crippen LogP contribution in [0.1, 0.15) is 55.0 Å². The number of hydrazine groups is 1. The summed E-state index contributed by atoms with van der Waals surface area (Å²) in [4.78, 5) is 46.9. The second kappa shape index (κ2) is 10.1. The zero-order valence-corrected chi connectivity index (χ0v) is 18.8. The summed E-state index contributed by atoms with van der Waals surface area (Å²) >= 11 is 7.36. The Bertz CT molecular complexity index is 1160. The SMILES string of the molecule is O=C(NNC(=O)c1csc(C2CCN(C(=O)c3c(F)cccc3Cl)CC2)n1)c1cccnc1. The number of hydrogen-bond acceptors (Lipinski definition) is 6. The van der Waals surface area contributed by atoms with Crippen LogP contribution >= 0.6 is 22.9 Å². The molecular formula is C22H19ClFN5O3S. The Morgan fingerprint density at radius 3 is 2.55 bits per heavy atom. The predicted octanol–water partition coefficient (Wildman–Crippen LogP) is 3.43. The summed E-state index contributed by atoms with van der Waals surface area (Å²) in [5, 5.41) is 2.49. The summed E-state index contributed by atoms with van der Waals surface area (Å²) in [6.07, 6.45) is 4.19. The van der Waals surface area contributed by atoms with E-state index in [0.717, 1.165) is 5.01 Å². The van der Waals surface area contributed by atoms with Crippen LogP contribution in [0.3, 0.4) is 0 Å². The van der Waals surface area contributed by atoms with Gasteiger partial charge in [-0.15, -0.1) is 11.3 Å². The fourth-order valence-electron chi connectivity index (χ4n) is 3.52. The predicted molar refractivity (Wildman–Crippen MR) is 121 cm³/mol. The largest absolute Gasteiger partial charge is 0.338 e. The number of rotatable bonds is 4. The number of nitrogens with one attached hydrogen (secondary N) is 2. The van der Waals surface area contributed by atoms with Crippen LogP contribution in [-0.4, -0.2) is 45.7 Å². The van der Waals surface area contributed by atoms with Crippen molar-refractivity contribution in [3.8, 4) is 0 Å². The number of carbonyl (C=O) groups excluding carboxylic acids is 3. The minimum absolute atomic E-state index is 0.0710. The summed E-state index contributed by atoms with van der Waals surface area (Å²) in [7, 11) is 0. The van der Waals surface area contributed by atoms with Crippen molar-refractivity contribution < 1.29 is 18.8 Å². The van der Waals surface area contributed by atoms with Gasteiger partial charge in [0.15, 0.2) is 0 Å². The van der Waals surface area contributed by atoms with E-state index in [1.807, 2.05) is 0 Å². The number of likely N-dealkylation sites (tertiary alicyclic amines) is 1. The van der Waals surface area contributed by atoms with Crippen molar-refractivity contribution in [1.82, 2.24) is 25.7 Å². The first kappa shape index (κ1) is 22.8. The number of hydrogen-bond donors (Lipinski definition) is 2. The van der Waals surface area contributed by atoms with Crippen molar-refractivity contribution in [3.63, 3.8) is 0 Å². The van der Waals surface area contributed by atoms with Crippen LogP contribution in [0.4, 0.5) is 4.39 Å². The lowest BCUT2D eigenvalue weighted by Crippen LogP contribution is -2.41. The van der Waals surface area contributed by atoms with Crippen molar-refractivity contribution in [2.75, 3.05) is 13.1 Å². The summed E-state index contributed by atoms with van der Waals surface area (Å²) < 4.78 is 14.1. The highest BCUT2D eigenvalue weighted by atomic mass is 35.5. The number of carbonyl (C=O) groups is 3. The maximum atomic E-state index is 14.1. The molecule has 2 aromatic heterocycles. The molecule has 1 aliphatic heterocycles. The second-order valence-electron chi connectivity index (χ2n) is 7.38. The molecule has 0 aliphatic carbocycles. The maximum Gasteiger partial charge on any atom is 0.289 e. The van der Waals surface area contributed by atoms with Crippen LogP contribution in [0.25, 0.3) is 0 Å². The van der Waals surface area contributed by atoms with Gasteiger partial charge in [0.25, 0.3) is 17.7 Å². The van der Waals surface area contributed by atoms with Gasteiger partial charge >= 0.3 is 0 Å². The van der Waals surface area contributed by atoms with Crippen molar-refractivity contribution in [1.29, 1.82) is 0 Å². The number of thiazole rings is 1. The lowest BCUT2D eigenvalue weighted by atomic mass is 9.97. The molecule has 3 aromatic rings. The second-order valence-corrected chi connectivity index (χ2v) is 8.68. The Kier molecular flexibility index (Phi) is 6.95. The molecule has 11 heteroatoms. The van der Waals surface area contributed by atoms with Crippen LogP contribution in [0.5, 0.6) is 0 Å². The third kappa shape index (κ3) is 5.18. The lowest BCUT2D eigenvalue weighted by molar-refractivity contribution is 0.0708. The molecule has 1 fully saturated rings. The van der Waals surface area contributed by atoms with Gasteiger partial charge in [-0.05, 0) is 37.1 Å². The van der Waals surface area contributed by atoms with Gasteiger partial charge in [-0.2, -0.15) is 0 Å². The molecule has 1 aromatic carbocycles. The maximum absolute atomic E-state index is 14.1. The van der Waals surface area contributed by atoms with E-state index in [0.29, 0.717) is 31.5 Å². The molecule has 3 amide bonds. The zero-order valence-electron chi connectivity index (χ0n) is 17.3. The standard InChI is InChI=1S/C22H19ClFN5O3S/c23-15-4-1-5-16(24)18(15)22(32)29-9-6-13(7-10-29)21-26-17(12-33-21)20(31)28-27-19(30)14-3-2-8-25-11-14/h1-5,8,11-13H,6-7,9-10H2,(H,27,30)(H,28,31). The normalized spacial score (nSPS) is 14.1. The van der Waals surface area contributed by atoms with Crippen LogP contribution < -0.4 is 10.9 Å². The Labute approximate surface area is 197 Å². The summed E-state index contributed by atoms with van der Waals surface area (Å²) in [5.74, 6) is -2.02. The quantitative estimate of drug-likeness (QED) is 0.549. The molecule has 0 spiro atoms.